The molecule has 0 radical (unpaired) electrons. The third kappa shape index (κ3) is 3.38. The predicted octanol–water partition coefficient (Wildman–Crippen LogP) is 1.74. The summed E-state index contributed by atoms with van der Waals surface area (Å²) in [5.41, 5.74) is 2.60. The van der Waals surface area contributed by atoms with Crippen LogP contribution < -0.4 is 15.5 Å². The molecule has 0 unspecified atom stereocenters. The molecule has 1 saturated heterocycles. The number of rotatable bonds is 3. The van der Waals surface area contributed by atoms with E-state index in [-0.39, 0.29) is 5.91 Å². The van der Waals surface area contributed by atoms with Gasteiger partial charge in [0, 0.05) is 55.5 Å². The Morgan fingerprint density at radius 2 is 1.71 bits per heavy atom. The van der Waals surface area contributed by atoms with Crippen molar-refractivity contribution in [2.75, 3.05) is 36.4 Å². The van der Waals surface area contributed by atoms with Gasteiger partial charge in [0.2, 0.25) is 0 Å². The zero-order valence-corrected chi connectivity index (χ0v) is 11.7. The second-order valence-electron chi connectivity index (χ2n) is 4.97. The monoisotopic (exact) mass is 282 g/mol. The standard InChI is InChI=1S/C16H18N4O/c21-16(13-5-7-17-8-6-13)19-14-1-3-15(4-2-14)20-11-9-18-10-12-20/h1-8,18H,9-12H2,(H,19,21). The summed E-state index contributed by atoms with van der Waals surface area (Å²) >= 11 is 0. The molecule has 0 atom stereocenters. The number of nitrogens with zero attached hydrogens (tertiary/aromatic N) is 2. The van der Waals surface area contributed by atoms with Gasteiger partial charge in [0.15, 0.2) is 0 Å². The molecule has 1 aromatic heterocycles. The molecule has 2 aromatic rings. The lowest BCUT2D eigenvalue weighted by molar-refractivity contribution is 0.102. The van der Waals surface area contributed by atoms with Crippen LogP contribution in [0.5, 0.6) is 0 Å². The Labute approximate surface area is 124 Å². The maximum absolute atomic E-state index is 12.0. The summed E-state index contributed by atoms with van der Waals surface area (Å²) in [5, 5.41) is 6.23. The second-order valence-corrected chi connectivity index (χ2v) is 4.97. The highest BCUT2D eigenvalue weighted by atomic mass is 16.1. The van der Waals surface area contributed by atoms with Crippen LogP contribution in [0.15, 0.2) is 48.8 Å². The van der Waals surface area contributed by atoms with Gasteiger partial charge in [-0.05, 0) is 36.4 Å². The number of nitrogens with one attached hydrogen (secondary N) is 2. The topological polar surface area (TPSA) is 57.3 Å². The first-order valence-corrected chi connectivity index (χ1v) is 7.10. The molecule has 2 N–H and O–H groups in total. The number of aromatic nitrogens is 1. The van der Waals surface area contributed by atoms with Crippen LogP contribution in [0.3, 0.4) is 0 Å². The normalized spacial score (nSPS) is 14.8. The van der Waals surface area contributed by atoms with Crippen LogP contribution in [0.25, 0.3) is 0 Å². The summed E-state index contributed by atoms with van der Waals surface area (Å²) in [4.78, 5) is 18.3. The molecule has 1 fully saturated rings. The van der Waals surface area contributed by atoms with E-state index in [9.17, 15) is 4.79 Å². The zero-order chi connectivity index (χ0) is 14.5. The van der Waals surface area contributed by atoms with Gasteiger partial charge in [0.25, 0.3) is 5.91 Å². The highest BCUT2D eigenvalue weighted by molar-refractivity contribution is 6.04. The van der Waals surface area contributed by atoms with Crippen LogP contribution in [-0.2, 0) is 0 Å². The molecule has 1 aromatic carbocycles. The first-order chi connectivity index (χ1) is 10.3. The molecule has 21 heavy (non-hydrogen) atoms. The Morgan fingerprint density at radius 1 is 1.05 bits per heavy atom. The number of amides is 1. The molecular weight excluding hydrogens is 264 g/mol. The van der Waals surface area contributed by atoms with Crippen LogP contribution >= 0.6 is 0 Å². The predicted molar refractivity (Wildman–Crippen MR) is 83.7 cm³/mol. The van der Waals surface area contributed by atoms with Gasteiger partial charge in [-0.15, -0.1) is 0 Å². The van der Waals surface area contributed by atoms with Gasteiger partial charge >= 0.3 is 0 Å². The van der Waals surface area contributed by atoms with Crippen molar-refractivity contribution in [3.63, 3.8) is 0 Å². The Morgan fingerprint density at radius 3 is 2.38 bits per heavy atom. The first kappa shape index (κ1) is 13.6. The number of hydrogen-bond donors (Lipinski definition) is 2. The van der Waals surface area contributed by atoms with E-state index in [2.05, 4.69) is 20.5 Å². The van der Waals surface area contributed by atoms with E-state index in [0.29, 0.717) is 5.56 Å². The maximum Gasteiger partial charge on any atom is 0.255 e. The van der Waals surface area contributed by atoms with Gasteiger partial charge < -0.3 is 15.5 Å². The Hall–Kier alpha value is -2.40. The number of benzene rings is 1. The van der Waals surface area contributed by atoms with Gasteiger partial charge in [0.1, 0.15) is 0 Å². The van der Waals surface area contributed by atoms with E-state index in [1.165, 1.54) is 5.69 Å². The molecule has 0 saturated carbocycles. The fourth-order valence-corrected chi connectivity index (χ4v) is 2.39. The van der Waals surface area contributed by atoms with E-state index < -0.39 is 0 Å². The number of anilines is 2. The summed E-state index contributed by atoms with van der Waals surface area (Å²) in [6, 6.07) is 11.4. The van der Waals surface area contributed by atoms with Crippen molar-refractivity contribution in [3.05, 3.63) is 54.4 Å². The van der Waals surface area contributed by atoms with Crippen LogP contribution in [0.1, 0.15) is 10.4 Å². The van der Waals surface area contributed by atoms with Crippen molar-refractivity contribution in [2.24, 2.45) is 0 Å². The summed E-state index contributed by atoms with van der Waals surface area (Å²) in [6.07, 6.45) is 3.23. The van der Waals surface area contributed by atoms with Crippen molar-refractivity contribution in [1.82, 2.24) is 10.3 Å². The van der Waals surface area contributed by atoms with Gasteiger partial charge in [-0.25, -0.2) is 0 Å². The van der Waals surface area contributed by atoms with Gasteiger partial charge in [-0.3, -0.25) is 9.78 Å². The Balaban J connectivity index is 1.65. The minimum absolute atomic E-state index is 0.118. The van der Waals surface area contributed by atoms with Crippen LogP contribution in [0, 0.1) is 0 Å². The number of piperazine rings is 1. The van der Waals surface area contributed by atoms with Crippen LogP contribution in [0.4, 0.5) is 11.4 Å². The number of carbonyl (C=O) groups excluding carboxylic acids is 1. The maximum atomic E-state index is 12.0. The lowest BCUT2D eigenvalue weighted by atomic mass is 10.2. The van der Waals surface area contributed by atoms with E-state index in [4.69, 9.17) is 0 Å². The molecule has 108 valence electrons. The largest absolute Gasteiger partial charge is 0.369 e. The summed E-state index contributed by atoms with van der Waals surface area (Å²) in [5.74, 6) is -0.118. The van der Waals surface area contributed by atoms with Gasteiger partial charge in [-0.2, -0.15) is 0 Å². The molecule has 3 rings (SSSR count). The molecule has 1 amide bonds. The molecule has 2 heterocycles. The van der Waals surface area contributed by atoms with Crippen molar-refractivity contribution in [2.45, 2.75) is 0 Å². The summed E-state index contributed by atoms with van der Waals surface area (Å²) in [6.45, 7) is 4.06. The van der Waals surface area contributed by atoms with Crippen LogP contribution in [0.2, 0.25) is 0 Å². The minimum atomic E-state index is -0.118. The molecule has 0 aliphatic carbocycles. The fraction of sp³-hybridized carbons (Fsp3) is 0.250. The van der Waals surface area contributed by atoms with Crippen molar-refractivity contribution in [3.8, 4) is 0 Å². The van der Waals surface area contributed by atoms with Crippen molar-refractivity contribution >= 4 is 17.3 Å². The summed E-state index contributed by atoms with van der Waals surface area (Å²) in [7, 11) is 0. The third-order valence-electron chi connectivity index (χ3n) is 3.55. The molecule has 5 heteroatoms. The smallest absolute Gasteiger partial charge is 0.255 e. The number of hydrogen-bond acceptors (Lipinski definition) is 4. The molecule has 1 aliphatic heterocycles. The first-order valence-electron chi connectivity index (χ1n) is 7.10. The van der Waals surface area contributed by atoms with E-state index in [1.54, 1.807) is 24.5 Å². The Bertz CT molecular complexity index is 591. The number of carbonyl (C=O) groups is 1. The molecule has 1 aliphatic rings. The summed E-state index contributed by atoms with van der Waals surface area (Å²) < 4.78 is 0. The fourth-order valence-electron chi connectivity index (χ4n) is 2.39. The highest BCUT2D eigenvalue weighted by Gasteiger charge is 2.10. The van der Waals surface area contributed by atoms with Gasteiger partial charge in [0.05, 0.1) is 0 Å². The zero-order valence-electron chi connectivity index (χ0n) is 11.7. The van der Waals surface area contributed by atoms with Gasteiger partial charge in [-0.1, -0.05) is 0 Å². The minimum Gasteiger partial charge on any atom is -0.369 e. The SMILES string of the molecule is O=C(Nc1ccc(N2CCNCC2)cc1)c1ccncc1. The molecule has 0 spiro atoms. The third-order valence-corrected chi connectivity index (χ3v) is 3.55. The molecular formula is C16H18N4O. The van der Waals surface area contributed by atoms with E-state index >= 15 is 0 Å². The number of pyridine rings is 1. The lowest BCUT2D eigenvalue weighted by Gasteiger charge is -2.29. The van der Waals surface area contributed by atoms with Crippen molar-refractivity contribution in [1.29, 1.82) is 0 Å². The molecule has 0 bridgehead atoms. The average molecular weight is 282 g/mol. The highest BCUT2D eigenvalue weighted by Crippen LogP contribution is 2.18. The van der Waals surface area contributed by atoms with Crippen LogP contribution in [-0.4, -0.2) is 37.1 Å². The second kappa shape index (κ2) is 6.37. The van der Waals surface area contributed by atoms with E-state index in [1.807, 2.05) is 24.3 Å². The average Bonchev–Trinajstić information content (AvgIpc) is 2.57. The lowest BCUT2D eigenvalue weighted by Crippen LogP contribution is -2.43. The Kier molecular flexibility index (Phi) is 4.12. The molecule has 5 nitrogen and oxygen atoms in total. The van der Waals surface area contributed by atoms with E-state index in [0.717, 1.165) is 31.9 Å². The van der Waals surface area contributed by atoms with Crippen molar-refractivity contribution < 1.29 is 4.79 Å². The quantitative estimate of drug-likeness (QED) is 0.900.